The Balaban J connectivity index is 1.01. The molecule has 4 heterocycles. The molecule has 0 aliphatic rings. The first kappa shape index (κ1) is 33.0. The number of hydrogen-bond acceptors (Lipinski definition) is 5. The van der Waals surface area contributed by atoms with E-state index in [0.717, 1.165) is 66.5 Å². The molecule has 0 amide bonds. The molecule has 276 valence electrons. The van der Waals surface area contributed by atoms with E-state index in [1.807, 2.05) is 66.7 Å². The normalized spacial score (nSPS) is 11.7. The molecule has 0 spiro atoms. The summed E-state index contributed by atoms with van der Waals surface area (Å²) in [5, 5.41) is 4.77. The van der Waals surface area contributed by atoms with Crippen molar-refractivity contribution in [2.45, 2.75) is 0 Å². The van der Waals surface area contributed by atoms with Crippen LogP contribution in [0, 0.1) is 0 Å². The molecule has 0 aliphatic carbocycles. The highest BCUT2D eigenvalue weighted by molar-refractivity contribution is 6.13. The van der Waals surface area contributed by atoms with E-state index in [1.54, 1.807) is 0 Å². The van der Waals surface area contributed by atoms with Gasteiger partial charge in [0, 0.05) is 38.4 Å². The Hall–Kier alpha value is -8.16. The number of nitrogens with zero attached hydrogens (tertiary/aromatic N) is 6. The summed E-state index contributed by atoms with van der Waals surface area (Å²) in [4.78, 5) is 19.7. The second-order valence-corrected chi connectivity index (χ2v) is 14.7. The average molecular weight is 757 g/mol. The van der Waals surface area contributed by atoms with Crippen molar-refractivity contribution in [1.82, 2.24) is 29.1 Å². The number of benzene rings is 8. The third-order valence-corrected chi connectivity index (χ3v) is 11.3. The molecule has 0 saturated heterocycles. The Kier molecular flexibility index (Phi) is 7.40. The lowest BCUT2D eigenvalue weighted by molar-refractivity contribution is 0.602. The van der Waals surface area contributed by atoms with Crippen molar-refractivity contribution < 1.29 is 4.42 Å². The summed E-state index contributed by atoms with van der Waals surface area (Å²) in [5.41, 5.74) is 12.8. The molecule has 12 rings (SSSR count). The topological polar surface area (TPSA) is 74.6 Å². The number of rotatable bonds is 6. The van der Waals surface area contributed by atoms with Gasteiger partial charge in [0.25, 0.3) is 0 Å². The van der Waals surface area contributed by atoms with Crippen LogP contribution in [-0.2, 0) is 0 Å². The van der Waals surface area contributed by atoms with Crippen LogP contribution < -0.4 is 0 Å². The van der Waals surface area contributed by atoms with E-state index in [-0.39, 0.29) is 0 Å². The molecular formula is C52H32N6O. The molecule has 7 heteroatoms. The summed E-state index contributed by atoms with van der Waals surface area (Å²) in [6.45, 7) is 0. The van der Waals surface area contributed by atoms with E-state index in [0.29, 0.717) is 23.1 Å². The number of oxazole rings is 1. The van der Waals surface area contributed by atoms with E-state index in [2.05, 4.69) is 130 Å². The molecule has 0 radical (unpaired) electrons. The zero-order chi connectivity index (χ0) is 38.9. The van der Waals surface area contributed by atoms with Crippen LogP contribution in [0.25, 0.3) is 111 Å². The van der Waals surface area contributed by atoms with Gasteiger partial charge in [0.2, 0.25) is 0 Å². The van der Waals surface area contributed by atoms with Crippen LogP contribution in [-0.4, -0.2) is 29.1 Å². The highest BCUT2D eigenvalue weighted by atomic mass is 16.3. The van der Waals surface area contributed by atoms with Crippen molar-refractivity contribution in [3.63, 3.8) is 0 Å². The maximum absolute atomic E-state index is 6.20. The highest BCUT2D eigenvalue weighted by Crippen LogP contribution is 2.40. The Bertz CT molecular complexity index is 3490. The maximum atomic E-state index is 6.20. The maximum Gasteiger partial charge on any atom is 0.182 e. The fourth-order valence-corrected chi connectivity index (χ4v) is 8.64. The van der Waals surface area contributed by atoms with Gasteiger partial charge in [-0.25, -0.2) is 19.9 Å². The molecule has 59 heavy (non-hydrogen) atoms. The summed E-state index contributed by atoms with van der Waals surface area (Å²) in [6, 6.07) is 65.5. The lowest BCUT2D eigenvalue weighted by Gasteiger charge is -2.12. The Morgan fingerprint density at radius 3 is 1.47 bits per heavy atom. The van der Waals surface area contributed by atoms with Gasteiger partial charge in [-0.1, -0.05) is 127 Å². The van der Waals surface area contributed by atoms with Gasteiger partial charge in [-0.3, -0.25) is 0 Å². The van der Waals surface area contributed by atoms with Gasteiger partial charge in [-0.15, -0.1) is 0 Å². The monoisotopic (exact) mass is 756 g/mol. The first-order valence-electron chi connectivity index (χ1n) is 19.6. The molecule has 0 aliphatic heterocycles. The van der Waals surface area contributed by atoms with Crippen LogP contribution >= 0.6 is 0 Å². The number of para-hydroxylation sites is 3. The van der Waals surface area contributed by atoms with E-state index in [1.165, 1.54) is 28.2 Å². The van der Waals surface area contributed by atoms with Crippen molar-refractivity contribution in [3.8, 4) is 56.7 Å². The predicted octanol–water partition coefficient (Wildman–Crippen LogP) is 12.9. The number of fused-ring (bicyclic) bond motifs is 7. The zero-order valence-corrected chi connectivity index (χ0v) is 31.6. The molecular weight excluding hydrogens is 725 g/mol. The fraction of sp³-hybridized carbons (Fsp3) is 0. The smallest absolute Gasteiger partial charge is 0.182 e. The predicted molar refractivity (Wildman–Crippen MR) is 238 cm³/mol. The fourth-order valence-electron chi connectivity index (χ4n) is 8.64. The SMILES string of the molecule is c1ccc(-c2nc(-c3ccccc3)nc(-c3ccc(-n4c5ccccc5c5cc(-c6ccc7c(c6)c6ccccc6n7-c6ccccc6)ccc54)c4ncoc34)n2)cc1. The highest BCUT2D eigenvalue weighted by Gasteiger charge is 2.22. The van der Waals surface area contributed by atoms with Gasteiger partial charge in [0.15, 0.2) is 29.4 Å². The first-order valence-corrected chi connectivity index (χ1v) is 19.6. The van der Waals surface area contributed by atoms with Crippen LogP contribution in [0.15, 0.2) is 199 Å². The summed E-state index contributed by atoms with van der Waals surface area (Å²) >= 11 is 0. The third-order valence-electron chi connectivity index (χ3n) is 11.3. The van der Waals surface area contributed by atoms with Crippen LogP contribution in [0.2, 0.25) is 0 Å². The van der Waals surface area contributed by atoms with Gasteiger partial charge < -0.3 is 13.6 Å². The average Bonchev–Trinajstić information content (AvgIpc) is 4.03. The molecule has 0 N–H and O–H groups in total. The van der Waals surface area contributed by atoms with Gasteiger partial charge >= 0.3 is 0 Å². The minimum absolute atomic E-state index is 0.515. The largest absolute Gasteiger partial charge is 0.443 e. The first-order chi connectivity index (χ1) is 29.3. The summed E-state index contributed by atoms with van der Waals surface area (Å²) in [7, 11) is 0. The van der Waals surface area contributed by atoms with E-state index in [9.17, 15) is 0 Å². The standard InChI is InChI=1S/C52H32N6O/c1-4-14-33(15-5-1)50-54-51(34-16-6-2-7-17-34)56-52(55-50)40-26-29-47(48-49(40)59-32-53-48)58-44-23-13-11-21-39(44)42-31-36(25-28-46(42)58)35-24-27-45-41(30-35)38-20-10-12-22-43(38)57(45)37-18-8-3-9-19-37/h1-32H. The molecule has 0 bridgehead atoms. The molecule has 8 aromatic carbocycles. The molecule has 0 atom stereocenters. The summed E-state index contributed by atoms with van der Waals surface area (Å²) in [6.07, 6.45) is 1.51. The Morgan fingerprint density at radius 2 is 0.864 bits per heavy atom. The number of hydrogen-bond donors (Lipinski definition) is 0. The second kappa shape index (κ2) is 13.2. The van der Waals surface area contributed by atoms with Gasteiger partial charge in [0.05, 0.1) is 33.3 Å². The molecule has 12 aromatic rings. The number of aromatic nitrogens is 6. The molecule has 4 aromatic heterocycles. The Morgan fingerprint density at radius 1 is 0.373 bits per heavy atom. The molecule has 0 unspecified atom stereocenters. The van der Waals surface area contributed by atoms with Crippen molar-refractivity contribution in [1.29, 1.82) is 0 Å². The minimum Gasteiger partial charge on any atom is -0.443 e. The van der Waals surface area contributed by atoms with E-state index < -0.39 is 0 Å². The van der Waals surface area contributed by atoms with Crippen molar-refractivity contribution in [2.75, 3.05) is 0 Å². The molecule has 7 nitrogen and oxygen atoms in total. The van der Waals surface area contributed by atoms with Crippen molar-refractivity contribution in [2.24, 2.45) is 0 Å². The van der Waals surface area contributed by atoms with Crippen molar-refractivity contribution in [3.05, 3.63) is 194 Å². The van der Waals surface area contributed by atoms with Crippen molar-refractivity contribution >= 4 is 54.7 Å². The minimum atomic E-state index is 0.515. The lowest BCUT2D eigenvalue weighted by Crippen LogP contribution is -2.01. The summed E-state index contributed by atoms with van der Waals surface area (Å²) < 4.78 is 10.8. The summed E-state index contributed by atoms with van der Waals surface area (Å²) in [5.74, 6) is 1.69. The van der Waals surface area contributed by atoms with Crippen LogP contribution in [0.4, 0.5) is 0 Å². The van der Waals surface area contributed by atoms with Crippen LogP contribution in [0.5, 0.6) is 0 Å². The molecule has 0 fully saturated rings. The lowest BCUT2D eigenvalue weighted by atomic mass is 10.0. The molecule has 0 saturated carbocycles. The van der Waals surface area contributed by atoms with Gasteiger partial charge in [0.1, 0.15) is 5.52 Å². The van der Waals surface area contributed by atoms with E-state index >= 15 is 0 Å². The second-order valence-electron chi connectivity index (χ2n) is 14.7. The van der Waals surface area contributed by atoms with Gasteiger partial charge in [-0.2, -0.15) is 0 Å². The third kappa shape index (κ3) is 5.29. The zero-order valence-electron chi connectivity index (χ0n) is 31.6. The van der Waals surface area contributed by atoms with Crippen LogP contribution in [0.1, 0.15) is 0 Å². The Labute approximate surface area is 338 Å². The quantitative estimate of drug-likeness (QED) is 0.169. The van der Waals surface area contributed by atoms with Gasteiger partial charge in [-0.05, 0) is 71.8 Å². The van der Waals surface area contributed by atoms with Crippen LogP contribution in [0.3, 0.4) is 0 Å². The van der Waals surface area contributed by atoms with E-state index in [4.69, 9.17) is 24.4 Å².